The normalized spacial score (nSPS) is 15.2. The van der Waals surface area contributed by atoms with Crippen LogP contribution in [0.5, 0.6) is 0 Å². The third-order valence-electron chi connectivity index (χ3n) is 3.05. The van der Waals surface area contributed by atoms with Crippen LogP contribution in [0.1, 0.15) is 34.1 Å². The summed E-state index contributed by atoms with van der Waals surface area (Å²) in [6, 6.07) is 0. The van der Waals surface area contributed by atoms with Gasteiger partial charge in [-0.3, -0.25) is 4.79 Å². The molecule has 0 spiro atoms. The quantitative estimate of drug-likeness (QED) is 0.521. The number of hydrogen-bond acceptors (Lipinski definition) is 5. The van der Waals surface area contributed by atoms with Crippen molar-refractivity contribution in [1.29, 1.82) is 0 Å². The summed E-state index contributed by atoms with van der Waals surface area (Å²) >= 11 is 0. The van der Waals surface area contributed by atoms with Crippen molar-refractivity contribution in [3.8, 4) is 0 Å². The lowest BCUT2D eigenvalue weighted by atomic mass is 9.70. The van der Waals surface area contributed by atoms with Gasteiger partial charge in [-0.05, 0) is 13.8 Å². The molecule has 0 bridgehead atoms. The molecule has 7 heteroatoms. The van der Waals surface area contributed by atoms with Gasteiger partial charge in [0, 0.05) is 11.0 Å². The molecule has 0 aliphatic carbocycles. The standard InChI is InChI=1S/C9H20NO5P/c1-8(2,9(3,4)10)6(5-7(11)12)15-16(13)14/h6,13-14H,5,10H2,1-4H3,(H,11,12). The van der Waals surface area contributed by atoms with E-state index >= 15 is 0 Å². The average Bonchev–Trinajstić information content (AvgIpc) is 1.98. The van der Waals surface area contributed by atoms with Crippen LogP contribution in [0.15, 0.2) is 0 Å². The van der Waals surface area contributed by atoms with Gasteiger partial charge in [0.15, 0.2) is 0 Å². The van der Waals surface area contributed by atoms with E-state index in [9.17, 15) is 4.79 Å². The second-order valence-corrected chi connectivity index (χ2v) is 5.60. The molecular formula is C9H20NO5P. The fourth-order valence-electron chi connectivity index (χ4n) is 1.11. The first-order chi connectivity index (χ1) is 6.98. The van der Waals surface area contributed by atoms with Crippen molar-refractivity contribution in [2.24, 2.45) is 11.1 Å². The van der Waals surface area contributed by atoms with E-state index in [0.717, 1.165) is 0 Å². The summed E-state index contributed by atoms with van der Waals surface area (Å²) in [5, 5.41) is 8.75. The lowest BCUT2D eigenvalue weighted by Crippen LogP contribution is -2.54. The van der Waals surface area contributed by atoms with E-state index in [1.54, 1.807) is 27.7 Å². The molecule has 0 heterocycles. The van der Waals surface area contributed by atoms with Crippen molar-refractivity contribution in [3.05, 3.63) is 0 Å². The first-order valence-electron chi connectivity index (χ1n) is 4.84. The zero-order chi connectivity index (χ0) is 13.1. The van der Waals surface area contributed by atoms with E-state index < -0.39 is 31.6 Å². The van der Waals surface area contributed by atoms with Gasteiger partial charge in [-0.1, -0.05) is 13.8 Å². The molecule has 1 unspecified atom stereocenters. The van der Waals surface area contributed by atoms with Crippen molar-refractivity contribution >= 4 is 14.6 Å². The molecule has 5 N–H and O–H groups in total. The molecule has 0 aromatic carbocycles. The Morgan fingerprint density at radius 2 is 1.81 bits per heavy atom. The molecule has 1 atom stereocenters. The van der Waals surface area contributed by atoms with Gasteiger partial charge in [0.1, 0.15) is 0 Å². The number of nitrogens with two attached hydrogens (primary N) is 1. The Kier molecular flexibility index (Phi) is 5.29. The van der Waals surface area contributed by atoms with Crippen molar-refractivity contribution in [2.75, 3.05) is 0 Å². The van der Waals surface area contributed by atoms with Crippen LogP contribution >= 0.6 is 8.60 Å². The van der Waals surface area contributed by atoms with Crippen LogP contribution in [0.3, 0.4) is 0 Å². The molecule has 16 heavy (non-hydrogen) atoms. The molecule has 0 aromatic rings. The molecule has 96 valence electrons. The molecular weight excluding hydrogens is 233 g/mol. The molecule has 0 aliphatic heterocycles. The summed E-state index contributed by atoms with van der Waals surface area (Å²) in [4.78, 5) is 28.3. The largest absolute Gasteiger partial charge is 0.481 e. The highest BCUT2D eigenvalue weighted by Crippen LogP contribution is 2.41. The van der Waals surface area contributed by atoms with Gasteiger partial charge in [0.05, 0.1) is 12.5 Å². The second kappa shape index (κ2) is 5.38. The SMILES string of the molecule is CC(C)(N)C(C)(C)C(CC(=O)O)OP(O)O. The average molecular weight is 253 g/mol. The smallest absolute Gasteiger partial charge is 0.327 e. The number of carboxylic acids is 1. The van der Waals surface area contributed by atoms with Gasteiger partial charge < -0.3 is 25.2 Å². The summed E-state index contributed by atoms with van der Waals surface area (Å²) < 4.78 is 4.87. The summed E-state index contributed by atoms with van der Waals surface area (Å²) in [7, 11) is -2.60. The number of carbonyl (C=O) groups is 1. The van der Waals surface area contributed by atoms with Crippen molar-refractivity contribution in [1.82, 2.24) is 0 Å². The number of rotatable bonds is 6. The molecule has 0 saturated heterocycles. The Morgan fingerprint density at radius 1 is 1.38 bits per heavy atom. The third kappa shape index (κ3) is 4.31. The maximum atomic E-state index is 10.7. The van der Waals surface area contributed by atoms with Gasteiger partial charge in [-0.2, -0.15) is 0 Å². The highest BCUT2D eigenvalue weighted by molar-refractivity contribution is 7.39. The fourth-order valence-corrected chi connectivity index (χ4v) is 1.68. The minimum Gasteiger partial charge on any atom is -0.481 e. The molecule has 0 aromatic heterocycles. The Hall–Kier alpha value is -0.260. The number of aliphatic carboxylic acids is 1. The lowest BCUT2D eigenvalue weighted by Gasteiger charge is -2.43. The van der Waals surface area contributed by atoms with E-state index in [1.807, 2.05) is 0 Å². The van der Waals surface area contributed by atoms with Gasteiger partial charge in [0.25, 0.3) is 0 Å². The van der Waals surface area contributed by atoms with Crippen molar-refractivity contribution in [3.63, 3.8) is 0 Å². The Morgan fingerprint density at radius 3 is 2.06 bits per heavy atom. The number of hydrogen-bond donors (Lipinski definition) is 4. The Labute approximate surface area is 96.4 Å². The fraction of sp³-hybridized carbons (Fsp3) is 0.889. The molecule has 6 nitrogen and oxygen atoms in total. The topological polar surface area (TPSA) is 113 Å². The minimum atomic E-state index is -2.60. The van der Waals surface area contributed by atoms with E-state index in [0.29, 0.717) is 0 Å². The van der Waals surface area contributed by atoms with E-state index in [-0.39, 0.29) is 6.42 Å². The van der Waals surface area contributed by atoms with Crippen LogP contribution in [0, 0.1) is 5.41 Å². The molecule has 0 saturated carbocycles. The maximum absolute atomic E-state index is 10.7. The monoisotopic (exact) mass is 253 g/mol. The van der Waals surface area contributed by atoms with Crippen LogP contribution < -0.4 is 5.73 Å². The van der Waals surface area contributed by atoms with Crippen LogP contribution in [-0.2, 0) is 9.32 Å². The van der Waals surface area contributed by atoms with E-state index in [1.165, 1.54) is 0 Å². The van der Waals surface area contributed by atoms with Crippen molar-refractivity contribution in [2.45, 2.75) is 45.8 Å². The van der Waals surface area contributed by atoms with Crippen molar-refractivity contribution < 1.29 is 24.2 Å². The molecule has 0 radical (unpaired) electrons. The van der Waals surface area contributed by atoms with E-state index in [2.05, 4.69) is 0 Å². The van der Waals surface area contributed by atoms with Gasteiger partial charge >= 0.3 is 14.6 Å². The summed E-state index contributed by atoms with van der Waals surface area (Å²) in [5.41, 5.74) is 4.52. The lowest BCUT2D eigenvalue weighted by molar-refractivity contribution is -0.141. The van der Waals surface area contributed by atoms with Crippen LogP contribution in [0.25, 0.3) is 0 Å². The zero-order valence-corrected chi connectivity index (χ0v) is 10.9. The summed E-state index contributed by atoms with van der Waals surface area (Å²) in [5.74, 6) is -1.07. The molecule has 0 aliphatic rings. The Balaban J connectivity index is 4.93. The van der Waals surface area contributed by atoms with Crippen LogP contribution in [0.4, 0.5) is 0 Å². The van der Waals surface area contributed by atoms with Gasteiger partial charge in [-0.15, -0.1) is 0 Å². The van der Waals surface area contributed by atoms with Gasteiger partial charge in [0.2, 0.25) is 0 Å². The second-order valence-electron chi connectivity index (χ2n) is 4.89. The summed E-state index contributed by atoms with van der Waals surface area (Å²) in [6.45, 7) is 6.95. The molecule has 0 rings (SSSR count). The third-order valence-corrected chi connectivity index (χ3v) is 3.49. The number of carboxylic acid groups (broad SMARTS) is 1. The Bertz CT molecular complexity index is 249. The highest BCUT2D eigenvalue weighted by Gasteiger charge is 2.43. The predicted octanol–water partition coefficient (Wildman–Crippen LogP) is 0.821. The minimum absolute atomic E-state index is 0.326. The maximum Gasteiger partial charge on any atom is 0.327 e. The first kappa shape index (κ1) is 15.7. The highest BCUT2D eigenvalue weighted by atomic mass is 31.2. The summed E-state index contributed by atoms with van der Waals surface area (Å²) in [6.07, 6.45) is -1.18. The first-order valence-corrected chi connectivity index (χ1v) is 6.00. The molecule has 0 amide bonds. The van der Waals surface area contributed by atoms with E-state index in [4.69, 9.17) is 25.2 Å². The van der Waals surface area contributed by atoms with Crippen LogP contribution in [0.2, 0.25) is 0 Å². The zero-order valence-electron chi connectivity index (χ0n) is 9.97. The molecule has 0 fully saturated rings. The predicted molar refractivity (Wildman–Crippen MR) is 60.5 cm³/mol. The van der Waals surface area contributed by atoms with Crippen LogP contribution in [-0.4, -0.2) is 32.5 Å². The van der Waals surface area contributed by atoms with Gasteiger partial charge in [-0.25, -0.2) is 0 Å².